The molecule has 19 heavy (non-hydrogen) atoms. The first kappa shape index (κ1) is 16.2. The van der Waals surface area contributed by atoms with Gasteiger partial charge in [0.25, 0.3) is 0 Å². The van der Waals surface area contributed by atoms with Crippen molar-refractivity contribution in [1.29, 1.82) is 0 Å². The molecule has 0 heterocycles. The molecule has 0 bridgehead atoms. The molecule has 0 saturated carbocycles. The van der Waals surface area contributed by atoms with Crippen LogP contribution < -0.4 is 5.73 Å². The van der Waals surface area contributed by atoms with E-state index in [1.807, 2.05) is 7.05 Å². The molecule has 0 aliphatic rings. The Balaban J connectivity index is 2.75. The Hall–Kier alpha value is -0.900. The van der Waals surface area contributed by atoms with Crippen LogP contribution in [0.4, 0.5) is 0 Å². The van der Waals surface area contributed by atoms with Gasteiger partial charge in [0.2, 0.25) is 0 Å². The predicted octanol–water partition coefficient (Wildman–Crippen LogP) is 2.04. The average Bonchev–Trinajstić information content (AvgIpc) is 2.30. The molecule has 3 heteroatoms. The van der Waals surface area contributed by atoms with Gasteiger partial charge in [-0.1, -0.05) is 39.0 Å². The normalized spacial score (nSPS) is 13.9. The first-order chi connectivity index (χ1) is 8.74. The molecule has 0 aliphatic heterocycles. The molecule has 108 valence electrons. The standard InChI is InChI=1S/C16H28N2O/c1-12-8-14(16(2,3)4)7-6-13(12)9-18(5)10-15(17)11-19/h6-8,15,19H,9-11,17H2,1-5H3. The van der Waals surface area contributed by atoms with Crippen LogP contribution in [0.25, 0.3) is 0 Å². The van der Waals surface area contributed by atoms with Gasteiger partial charge in [0, 0.05) is 19.1 Å². The van der Waals surface area contributed by atoms with E-state index in [9.17, 15) is 0 Å². The summed E-state index contributed by atoms with van der Waals surface area (Å²) in [6, 6.07) is 6.52. The monoisotopic (exact) mass is 264 g/mol. The summed E-state index contributed by atoms with van der Waals surface area (Å²) >= 11 is 0. The van der Waals surface area contributed by atoms with Crippen molar-refractivity contribution in [3.63, 3.8) is 0 Å². The summed E-state index contributed by atoms with van der Waals surface area (Å²) < 4.78 is 0. The van der Waals surface area contributed by atoms with Gasteiger partial charge < -0.3 is 15.7 Å². The molecule has 0 aromatic heterocycles. The molecule has 3 N–H and O–H groups in total. The van der Waals surface area contributed by atoms with Crippen molar-refractivity contribution in [3.8, 4) is 0 Å². The van der Waals surface area contributed by atoms with E-state index in [0.717, 1.165) is 6.54 Å². The number of aliphatic hydroxyl groups is 1. The van der Waals surface area contributed by atoms with Crippen LogP contribution >= 0.6 is 0 Å². The number of hydrogen-bond donors (Lipinski definition) is 2. The largest absolute Gasteiger partial charge is 0.395 e. The van der Waals surface area contributed by atoms with E-state index in [0.29, 0.717) is 6.54 Å². The lowest BCUT2D eigenvalue weighted by atomic mass is 9.85. The summed E-state index contributed by atoms with van der Waals surface area (Å²) in [5, 5.41) is 8.98. The van der Waals surface area contributed by atoms with Gasteiger partial charge in [-0.3, -0.25) is 0 Å². The van der Waals surface area contributed by atoms with E-state index in [1.165, 1.54) is 16.7 Å². The molecular weight excluding hydrogens is 236 g/mol. The van der Waals surface area contributed by atoms with Crippen molar-refractivity contribution in [1.82, 2.24) is 4.90 Å². The lowest BCUT2D eigenvalue weighted by Crippen LogP contribution is -2.37. The smallest absolute Gasteiger partial charge is 0.0595 e. The van der Waals surface area contributed by atoms with Crippen LogP contribution in [0.2, 0.25) is 0 Å². The zero-order valence-corrected chi connectivity index (χ0v) is 12.9. The summed E-state index contributed by atoms with van der Waals surface area (Å²) in [5.41, 5.74) is 9.94. The van der Waals surface area contributed by atoms with E-state index in [4.69, 9.17) is 10.8 Å². The summed E-state index contributed by atoms with van der Waals surface area (Å²) in [6.07, 6.45) is 0. The number of rotatable bonds is 5. The van der Waals surface area contributed by atoms with Crippen molar-refractivity contribution in [2.45, 2.75) is 45.7 Å². The van der Waals surface area contributed by atoms with Crippen LogP contribution in [-0.2, 0) is 12.0 Å². The Kier molecular flexibility index (Phi) is 5.53. The van der Waals surface area contributed by atoms with Crippen LogP contribution in [0.5, 0.6) is 0 Å². The van der Waals surface area contributed by atoms with Crippen LogP contribution in [0.3, 0.4) is 0 Å². The van der Waals surface area contributed by atoms with Crippen LogP contribution in [0.1, 0.15) is 37.5 Å². The van der Waals surface area contributed by atoms with Crippen molar-refractivity contribution in [2.75, 3.05) is 20.2 Å². The van der Waals surface area contributed by atoms with E-state index < -0.39 is 0 Å². The third kappa shape index (κ3) is 4.94. The van der Waals surface area contributed by atoms with E-state index in [-0.39, 0.29) is 18.1 Å². The molecule has 0 saturated heterocycles. The number of nitrogens with zero attached hydrogens (tertiary/aromatic N) is 1. The quantitative estimate of drug-likeness (QED) is 0.855. The van der Waals surface area contributed by atoms with Crippen molar-refractivity contribution >= 4 is 0 Å². The molecule has 0 radical (unpaired) electrons. The molecule has 1 rings (SSSR count). The number of nitrogens with two attached hydrogens (primary N) is 1. The summed E-state index contributed by atoms with van der Waals surface area (Å²) in [6.45, 7) is 10.5. The van der Waals surface area contributed by atoms with Gasteiger partial charge >= 0.3 is 0 Å². The first-order valence-corrected chi connectivity index (χ1v) is 6.89. The van der Waals surface area contributed by atoms with Crippen molar-refractivity contribution in [2.24, 2.45) is 5.73 Å². The minimum absolute atomic E-state index is 0.0340. The number of hydrogen-bond acceptors (Lipinski definition) is 3. The van der Waals surface area contributed by atoms with Gasteiger partial charge in [-0.15, -0.1) is 0 Å². The maximum absolute atomic E-state index is 8.98. The Morgan fingerprint density at radius 2 is 1.95 bits per heavy atom. The zero-order valence-electron chi connectivity index (χ0n) is 12.9. The highest BCUT2D eigenvalue weighted by Crippen LogP contribution is 2.24. The lowest BCUT2D eigenvalue weighted by molar-refractivity contribution is 0.218. The molecule has 1 aromatic carbocycles. The number of likely N-dealkylation sites (N-methyl/N-ethyl adjacent to an activating group) is 1. The second-order valence-electron chi connectivity index (χ2n) is 6.53. The highest BCUT2D eigenvalue weighted by Gasteiger charge is 2.15. The number of aliphatic hydroxyl groups excluding tert-OH is 1. The summed E-state index contributed by atoms with van der Waals surface area (Å²) in [4.78, 5) is 2.15. The Morgan fingerprint density at radius 1 is 1.32 bits per heavy atom. The second-order valence-corrected chi connectivity index (χ2v) is 6.53. The first-order valence-electron chi connectivity index (χ1n) is 6.89. The molecular formula is C16H28N2O. The molecule has 0 aliphatic carbocycles. The SMILES string of the molecule is Cc1cc(C(C)(C)C)ccc1CN(C)CC(N)CO. The highest BCUT2D eigenvalue weighted by atomic mass is 16.3. The van der Waals surface area contributed by atoms with Crippen LogP contribution in [0.15, 0.2) is 18.2 Å². The van der Waals surface area contributed by atoms with Crippen LogP contribution in [0, 0.1) is 6.92 Å². The highest BCUT2D eigenvalue weighted by molar-refractivity contribution is 5.34. The second kappa shape index (κ2) is 6.51. The fraction of sp³-hybridized carbons (Fsp3) is 0.625. The summed E-state index contributed by atoms with van der Waals surface area (Å²) in [5.74, 6) is 0. The minimum atomic E-state index is -0.167. The minimum Gasteiger partial charge on any atom is -0.395 e. The van der Waals surface area contributed by atoms with Gasteiger partial charge in [-0.25, -0.2) is 0 Å². The van der Waals surface area contributed by atoms with Crippen LogP contribution in [-0.4, -0.2) is 36.2 Å². The number of benzene rings is 1. The van der Waals surface area contributed by atoms with Gasteiger partial charge in [0.05, 0.1) is 6.61 Å². The Bertz CT molecular complexity index is 410. The Morgan fingerprint density at radius 3 is 2.42 bits per heavy atom. The lowest BCUT2D eigenvalue weighted by Gasteiger charge is -2.23. The predicted molar refractivity (Wildman–Crippen MR) is 81.3 cm³/mol. The molecule has 1 unspecified atom stereocenters. The Labute approximate surface area is 117 Å². The third-order valence-corrected chi connectivity index (χ3v) is 3.43. The molecule has 0 spiro atoms. The maximum Gasteiger partial charge on any atom is 0.0595 e. The fourth-order valence-electron chi connectivity index (χ4n) is 2.15. The fourth-order valence-corrected chi connectivity index (χ4v) is 2.15. The van der Waals surface area contributed by atoms with E-state index in [2.05, 4.69) is 50.8 Å². The summed E-state index contributed by atoms with van der Waals surface area (Å²) in [7, 11) is 2.03. The number of aryl methyl sites for hydroxylation is 1. The van der Waals surface area contributed by atoms with Crippen molar-refractivity contribution < 1.29 is 5.11 Å². The van der Waals surface area contributed by atoms with Gasteiger partial charge in [0.15, 0.2) is 0 Å². The van der Waals surface area contributed by atoms with Gasteiger partial charge in [-0.05, 0) is 36.1 Å². The average molecular weight is 264 g/mol. The zero-order chi connectivity index (χ0) is 14.6. The van der Waals surface area contributed by atoms with Crippen molar-refractivity contribution in [3.05, 3.63) is 34.9 Å². The third-order valence-electron chi connectivity index (χ3n) is 3.43. The molecule has 1 atom stereocenters. The van der Waals surface area contributed by atoms with Gasteiger partial charge in [-0.2, -0.15) is 0 Å². The molecule has 0 amide bonds. The molecule has 0 fully saturated rings. The molecule has 3 nitrogen and oxygen atoms in total. The van der Waals surface area contributed by atoms with E-state index >= 15 is 0 Å². The maximum atomic E-state index is 8.98. The molecule has 1 aromatic rings. The topological polar surface area (TPSA) is 49.5 Å². The van der Waals surface area contributed by atoms with E-state index in [1.54, 1.807) is 0 Å². The van der Waals surface area contributed by atoms with Gasteiger partial charge in [0.1, 0.15) is 0 Å².